The lowest BCUT2D eigenvalue weighted by atomic mass is 9.98. The number of rotatable bonds is 7. The first kappa shape index (κ1) is 21.3. The summed E-state index contributed by atoms with van der Waals surface area (Å²) in [7, 11) is 1.15. The number of hydrogen-bond acceptors (Lipinski definition) is 6. The van der Waals surface area contributed by atoms with Gasteiger partial charge in [-0.15, -0.1) is 0 Å². The summed E-state index contributed by atoms with van der Waals surface area (Å²) in [4.78, 5) is 35.9. The highest BCUT2D eigenvalue weighted by Gasteiger charge is 2.29. The van der Waals surface area contributed by atoms with Crippen molar-refractivity contribution >= 4 is 18.0 Å². The summed E-state index contributed by atoms with van der Waals surface area (Å²) in [6, 6.07) is 13.8. The number of hydrogen-bond donors (Lipinski definition) is 3. The minimum atomic E-state index is -1.20. The third-order valence-electron chi connectivity index (χ3n) is 5.06. The molecule has 3 rings (SSSR count). The lowest BCUT2D eigenvalue weighted by Crippen LogP contribution is -2.52. The highest BCUT2D eigenvalue weighted by Crippen LogP contribution is 2.44. The molecule has 0 saturated carbocycles. The summed E-state index contributed by atoms with van der Waals surface area (Å²) in [5, 5.41) is 13.9. The largest absolute Gasteiger partial charge is 0.467 e. The van der Waals surface area contributed by atoms with E-state index in [0.29, 0.717) is 0 Å². The van der Waals surface area contributed by atoms with Crippen molar-refractivity contribution in [2.24, 2.45) is 0 Å². The maximum atomic E-state index is 12.2. The molecule has 8 nitrogen and oxygen atoms in total. The van der Waals surface area contributed by atoms with E-state index in [4.69, 9.17) is 4.74 Å². The van der Waals surface area contributed by atoms with E-state index in [2.05, 4.69) is 15.4 Å². The van der Waals surface area contributed by atoms with Crippen molar-refractivity contribution in [3.8, 4) is 11.1 Å². The zero-order valence-corrected chi connectivity index (χ0v) is 16.8. The van der Waals surface area contributed by atoms with E-state index in [1.54, 1.807) is 0 Å². The van der Waals surface area contributed by atoms with Gasteiger partial charge in [0.15, 0.2) is 6.04 Å². The molecule has 2 aromatic carbocycles. The molecular formula is C22H24N2O6. The zero-order valence-electron chi connectivity index (χ0n) is 16.8. The summed E-state index contributed by atoms with van der Waals surface area (Å²) in [6.07, 6.45) is -0.752. The van der Waals surface area contributed by atoms with Gasteiger partial charge in [0.25, 0.3) is 0 Å². The zero-order chi connectivity index (χ0) is 21.7. The first-order valence-corrected chi connectivity index (χ1v) is 9.56. The van der Waals surface area contributed by atoms with Crippen molar-refractivity contribution in [3.63, 3.8) is 0 Å². The second-order valence-corrected chi connectivity index (χ2v) is 6.96. The van der Waals surface area contributed by atoms with Gasteiger partial charge in [-0.3, -0.25) is 4.79 Å². The van der Waals surface area contributed by atoms with Crippen LogP contribution in [-0.2, 0) is 19.1 Å². The van der Waals surface area contributed by atoms with Crippen LogP contribution in [0.1, 0.15) is 24.0 Å². The van der Waals surface area contributed by atoms with E-state index in [0.717, 1.165) is 29.4 Å². The maximum Gasteiger partial charge on any atom is 0.407 e. The van der Waals surface area contributed by atoms with Crippen LogP contribution in [0.15, 0.2) is 48.5 Å². The molecule has 158 valence electrons. The number of aliphatic hydroxyl groups is 1. The second kappa shape index (κ2) is 9.41. The fraction of sp³-hybridized carbons (Fsp3) is 0.318. The van der Waals surface area contributed by atoms with Gasteiger partial charge in [0, 0.05) is 5.92 Å². The summed E-state index contributed by atoms with van der Waals surface area (Å²) in [5.41, 5.74) is 4.41. The Kier molecular flexibility index (Phi) is 6.68. The Labute approximate surface area is 174 Å². The van der Waals surface area contributed by atoms with Gasteiger partial charge in [-0.1, -0.05) is 48.5 Å². The SMILES string of the molecule is COC(=O)[C@H](CO)NC(=O)[C@H](C)NC(=O)OCC1c2ccccc2-c2ccccc21. The molecule has 0 saturated heterocycles. The van der Waals surface area contributed by atoms with Crippen molar-refractivity contribution in [1.82, 2.24) is 10.6 Å². The van der Waals surface area contributed by atoms with Crippen LogP contribution >= 0.6 is 0 Å². The molecule has 0 spiro atoms. The summed E-state index contributed by atoms with van der Waals surface area (Å²) in [6.45, 7) is 0.953. The van der Waals surface area contributed by atoms with Gasteiger partial charge in [-0.25, -0.2) is 9.59 Å². The molecule has 1 aliphatic carbocycles. The molecule has 30 heavy (non-hydrogen) atoms. The molecular weight excluding hydrogens is 388 g/mol. The minimum absolute atomic E-state index is 0.0922. The fourth-order valence-electron chi connectivity index (χ4n) is 3.50. The molecule has 1 aliphatic rings. The van der Waals surface area contributed by atoms with Crippen LogP contribution in [0.5, 0.6) is 0 Å². The predicted octanol–water partition coefficient (Wildman–Crippen LogP) is 1.56. The van der Waals surface area contributed by atoms with Crippen molar-refractivity contribution in [2.45, 2.75) is 24.9 Å². The van der Waals surface area contributed by atoms with Crippen molar-refractivity contribution < 1.29 is 29.0 Å². The average molecular weight is 412 g/mol. The lowest BCUT2D eigenvalue weighted by molar-refractivity contribution is -0.146. The van der Waals surface area contributed by atoms with Crippen LogP contribution in [0.25, 0.3) is 11.1 Å². The van der Waals surface area contributed by atoms with E-state index >= 15 is 0 Å². The highest BCUT2D eigenvalue weighted by molar-refractivity contribution is 5.89. The first-order valence-electron chi connectivity index (χ1n) is 9.56. The van der Waals surface area contributed by atoms with Gasteiger partial charge in [-0.05, 0) is 29.2 Å². The Morgan fingerprint density at radius 3 is 2.10 bits per heavy atom. The van der Waals surface area contributed by atoms with Gasteiger partial charge in [-0.2, -0.15) is 0 Å². The summed E-state index contributed by atoms with van der Waals surface area (Å²) >= 11 is 0. The number of esters is 1. The van der Waals surface area contributed by atoms with Crippen LogP contribution in [0.3, 0.4) is 0 Å². The summed E-state index contributed by atoms with van der Waals surface area (Å²) < 4.78 is 9.88. The molecule has 0 aliphatic heterocycles. The maximum absolute atomic E-state index is 12.2. The normalized spacial score (nSPS) is 14.1. The number of aliphatic hydroxyl groups excluding tert-OH is 1. The molecule has 0 bridgehead atoms. The van der Waals surface area contributed by atoms with E-state index in [9.17, 15) is 19.5 Å². The number of nitrogens with one attached hydrogen (secondary N) is 2. The van der Waals surface area contributed by atoms with Gasteiger partial charge >= 0.3 is 12.1 Å². The highest BCUT2D eigenvalue weighted by atomic mass is 16.5. The molecule has 8 heteroatoms. The number of fused-ring (bicyclic) bond motifs is 3. The molecule has 0 heterocycles. The van der Waals surface area contributed by atoms with Crippen LogP contribution in [0, 0.1) is 0 Å². The van der Waals surface area contributed by atoms with Crippen LogP contribution in [0.2, 0.25) is 0 Å². The van der Waals surface area contributed by atoms with Gasteiger partial charge in [0.2, 0.25) is 5.91 Å². The first-order chi connectivity index (χ1) is 14.5. The van der Waals surface area contributed by atoms with Crippen molar-refractivity contribution in [2.75, 3.05) is 20.3 Å². The Bertz CT molecular complexity index is 899. The Morgan fingerprint density at radius 1 is 1.00 bits per heavy atom. The Hall–Kier alpha value is -3.39. The van der Waals surface area contributed by atoms with Crippen LogP contribution in [-0.4, -0.2) is 55.5 Å². The second-order valence-electron chi connectivity index (χ2n) is 6.96. The van der Waals surface area contributed by atoms with Gasteiger partial charge in [0.1, 0.15) is 12.6 Å². The smallest absolute Gasteiger partial charge is 0.407 e. The van der Waals surface area contributed by atoms with E-state index in [1.807, 2.05) is 48.5 Å². The van der Waals surface area contributed by atoms with Crippen LogP contribution in [0.4, 0.5) is 4.79 Å². The number of benzene rings is 2. The minimum Gasteiger partial charge on any atom is -0.467 e. The van der Waals surface area contributed by atoms with Crippen molar-refractivity contribution in [1.29, 1.82) is 0 Å². The number of carbonyl (C=O) groups is 3. The molecule has 2 amide bonds. The van der Waals surface area contributed by atoms with E-state index in [1.165, 1.54) is 6.92 Å². The molecule has 0 unspecified atom stereocenters. The monoisotopic (exact) mass is 412 g/mol. The third kappa shape index (κ3) is 4.44. The third-order valence-corrected chi connectivity index (χ3v) is 5.06. The molecule has 0 aromatic heterocycles. The lowest BCUT2D eigenvalue weighted by Gasteiger charge is -2.19. The number of methoxy groups -OCH3 is 1. The Balaban J connectivity index is 1.58. The standard InChI is InChI=1S/C22H24N2O6/c1-13(20(26)24-19(11-25)21(27)29-2)23-22(28)30-12-18-16-9-5-3-7-14(16)15-8-4-6-10-17(15)18/h3-10,13,18-19,25H,11-12H2,1-2H3,(H,23,28)(H,24,26)/t13-,19-/m0/s1. The van der Waals surface area contributed by atoms with E-state index in [-0.39, 0.29) is 12.5 Å². The topological polar surface area (TPSA) is 114 Å². The molecule has 2 aromatic rings. The number of ether oxygens (including phenoxy) is 2. The van der Waals surface area contributed by atoms with E-state index < -0.39 is 36.7 Å². The average Bonchev–Trinajstić information content (AvgIpc) is 3.09. The quantitative estimate of drug-likeness (QED) is 0.595. The summed E-state index contributed by atoms with van der Waals surface area (Å²) in [5.74, 6) is -1.52. The molecule has 0 radical (unpaired) electrons. The number of carbonyl (C=O) groups excluding carboxylic acids is 3. The van der Waals surface area contributed by atoms with Gasteiger partial charge < -0.3 is 25.2 Å². The Morgan fingerprint density at radius 2 is 1.57 bits per heavy atom. The molecule has 2 atom stereocenters. The number of alkyl carbamates (subject to hydrolysis) is 1. The van der Waals surface area contributed by atoms with Crippen LogP contribution < -0.4 is 10.6 Å². The predicted molar refractivity (Wildman–Crippen MR) is 109 cm³/mol. The van der Waals surface area contributed by atoms with Crippen molar-refractivity contribution in [3.05, 3.63) is 59.7 Å². The number of amides is 2. The molecule has 0 fully saturated rings. The van der Waals surface area contributed by atoms with Gasteiger partial charge in [0.05, 0.1) is 13.7 Å². The molecule has 3 N–H and O–H groups in total. The fourth-order valence-corrected chi connectivity index (χ4v) is 3.50.